The van der Waals surface area contributed by atoms with Crippen LogP contribution in [0.1, 0.15) is 42.6 Å². The van der Waals surface area contributed by atoms with Crippen LogP contribution in [0.4, 0.5) is 14.5 Å². The van der Waals surface area contributed by atoms with Crippen LogP contribution >= 0.6 is 23.2 Å². The van der Waals surface area contributed by atoms with Gasteiger partial charge in [-0.15, -0.1) is 0 Å². The molecule has 212 valence electrons. The van der Waals surface area contributed by atoms with Crippen LogP contribution in [-0.4, -0.2) is 49.8 Å². The summed E-state index contributed by atoms with van der Waals surface area (Å²) in [6, 6.07) is 10.9. The van der Waals surface area contributed by atoms with Crippen LogP contribution in [0, 0.1) is 19.8 Å². The van der Waals surface area contributed by atoms with E-state index >= 15 is 0 Å². The SMILES string of the molecule is Cc1nn(C)c(C)c1N(C(F)F)S(=O)(=O)c1c(Cl)cc(-c2ccc(CCCC3CCN(C)CC3)cc2)cc1Cl. The molecule has 0 bridgehead atoms. The smallest absolute Gasteiger partial charge is 0.306 e. The van der Waals surface area contributed by atoms with Gasteiger partial charge in [-0.05, 0) is 94.4 Å². The summed E-state index contributed by atoms with van der Waals surface area (Å²) in [5.74, 6) is 0.798. The largest absolute Gasteiger partial charge is 0.328 e. The fourth-order valence-electron chi connectivity index (χ4n) is 5.28. The number of halogens is 4. The standard InChI is InChI=1S/C28H34Cl2F2N4O2S/c1-18-26(19(2)35(4)33-18)36(28(31)32)39(37,38)27-24(29)16-23(17-25(27)30)22-10-8-20(9-11-22)6-5-7-21-12-14-34(3)15-13-21/h8-11,16-17,21,28H,5-7,12-15H2,1-4H3. The number of alkyl halides is 2. The second-order valence-corrected chi connectivity index (χ2v) is 12.9. The molecule has 0 saturated carbocycles. The van der Waals surface area contributed by atoms with Crippen molar-refractivity contribution in [1.29, 1.82) is 0 Å². The van der Waals surface area contributed by atoms with Gasteiger partial charge in [-0.3, -0.25) is 4.68 Å². The molecule has 0 radical (unpaired) electrons. The first kappa shape index (κ1) is 29.8. The van der Waals surface area contributed by atoms with E-state index in [1.54, 1.807) is 7.05 Å². The van der Waals surface area contributed by atoms with Crippen LogP contribution in [0.5, 0.6) is 0 Å². The first-order chi connectivity index (χ1) is 18.4. The summed E-state index contributed by atoms with van der Waals surface area (Å²) in [7, 11) is -1.08. The molecule has 4 rings (SSSR count). The molecule has 2 heterocycles. The molecule has 0 aliphatic carbocycles. The Hall–Kier alpha value is -2.20. The Morgan fingerprint density at radius 1 is 1.03 bits per heavy atom. The highest BCUT2D eigenvalue weighted by Crippen LogP contribution is 2.40. The van der Waals surface area contributed by atoms with Crippen molar-refractivity contribution in [3.8, 4) is 11.1 Å². The third-order valence-electron chi connectivity index (χ3n) is 7.59. The maximum Gasteiger partial charge on any atom is 0.328 e. The lowest BCUT2D eigenvalue weighted by Crippen LogP contribution is -2.36. The maximum atomic E-state index is 14.2. The first-order valence-electron chi connectivity index (χ1n) is 13.0. The lowest BCUT2D eigenvalue weighted by molar-refractivity contribution is 0.161. The number of sulfonamides is 1. The molecule has 1 aromatic heterocycles. The van der Waals surface area contributed by atoms with E-state index in [0.29, 0.717) is 5.56 Å². The molecule has 0 atom stereocenters. The van der Waals surface area contributed by atoms with Crippen LogP contribution in [0.15, 0.2) is 41.3 Å². The molecule has 1 fully saturated rings. The summed E-state index contributed by atoms with van der Waals surface area (Å²) < 4.78 is 56.8. The Balaban J connectivity index is 1.53. The Morgan fingerprint density at radius 2 is 1.62 bits per heavy atom. The van der Waals surface area contributed by atoms with Crippen molar-refractivity contribution in [2.75, 3.05) is 24.4 Å². The highest BCUT2D eigenvalue weighted by atomic mass is 35.5. The second kappa shape index (κ2) is 12.1. The van der Waals surface area contributed by atoms with Crippen molar-refractivity contribution in [3.63, 3.8) is 0 Å². The summed E-state index contributed by atoms with van der Waals surface area (Å²) in [5.41, 5.74) is 2.83. The zero-order valence-electron chi connectivity index (χ0n) is 22.6. The number of hydrogen-bond acceptors (Lipinski definition) is 4. The average molecular weight is 600 g/mol. The Labute approximate surface area is 239 Å². The molecule has 39 heavy (non-hydrogen) atoms. The molecule has 0 amide bonds. The molecule has 0 unspecified atom stereocenters. The number of aromatic nitrogens is 2. The number of anilines is 1. The molecule has 1 aliphatic rings. The van der Waals surface area contributed by atoms with Crippen LogP contribution < -0.4 is 4.31 Å². The zero-order valence-corrected chi connectivity index (χ0v) is 24.9. The number of likely N-dealkylation sites (tertiary alicyclic amines) is 1. The van der Waals surface area contributed by atoms with E-state index in [9.17, 15) is 17.2 Å². The van der Waals surface area contributed by atoms with Gasteiger partial charge >= 0.3 is 6.55 Å². The third kappa shape index (κ3) is 6.42. The topological polar surface area (TPSA) is 58.4 Å². The Bertz CT molecular complexity index is 1400. The third-order valence-corrected chi connectivity index (χ3v) is 10.2. The van der Waals surface area contributed by atoms with Gasteiger partial charge in [0.15, 0.2) is 0 Å². The summed E-state index contributed by atoms with van der Waals surface area (Å²) in [4.78, 5) is 1.82. The number of nitrogens with zero attached hydrogens (tertiary/aromatic N) is 4. The summed E-state index contributed by atoms with van der Waals surface area (Å²) in [5, 5.41) is 3.62. The fraction of sp³-hybridized carbons (Fsp3) is 0.464. The minimum atomic E-state index is -4.81. The number of aryl methyl sites for hydroxylation is 3. The minimum Gasteiger partial charge on any atom is -0.306 e. The summed E-state index contributed by atoms with van der Waals surface area (Å²) >= 11 is 12.8. The van der Waals surface area contributed by atoms with E-state index in [1.807, 2.05) is 24.3 Å². The molecule has 2 aromatic carbocycles. The number of piperidine rings is 1. The molecule has 11 heteroatoms. The van der Waals surface area contributed by atoms with Crippen LogP contribution in [0.25, 0.3) is 11.1 Å². The number of rotatable bonds is 9. The van der Waals surface area contributed by atoms with E-state index in [1.165, 1.54) is 68.6 Å². The van der Waals surface area contributed by atoms with Crippen molar-refractivity contribution in [3.05, 3.63) is 63.4 Å². The van der Waals surface area contributed by atoms with Crippen LogP contribution in [0.3, 0.4) is 0 Å². The monoisotopic (exact) mass is 598 g/mol. The van der Waals surface area contributed by atoms with Gasteiger partial charge in [0.1, 0.15) is 10.6 Å². The van der Waals surface area contributed by atoms with E-state index in [-0.39, 0.29) is 31.4 Å². The highest BCUT2D eigenvalue weighted by molar-refractivity contribution is 7.93. The molecule has 0 N–H and O–H groups in total. The van der Waals surface area contributed by atoms with E-state index in [4.69, 9.17) is 23.2 Å². The molecule has 3 aromatic rings. The minimum absolute atomic E-state index is 0.0395. The van der Waals surface area contributed by atoms with Gasteiger partial charge in [-0.2, -0.15) is 13.9 Å². The first-order valence-corrected chi connectivity index (χ1v) is 15.2. The maximum absolute atomic E-state index is 14.2. The summed E-state index contributed by atoms with van der Waals surface area (Å²) in [6.07, 6.45) is 5.87. The normalized spacial score (nSPS) is 15.3. The fourth-order valence-corrected chi connectivity index (χ4v) is 7.88. The van der Waals surface area contributed by atoms with Gasteiger partial charge in [0, 0.05) is 7.05 Å². The lowest BCUT2D eigenvalue weighted by Gasteiger charge is -2.28. The van der Waals surface area contributed by atoms with Gasteiger partial charge in [0.25, 0.3) is 10.0 Å². The van der Waals surface area contributed by atoms with Gasteiger partial charge in [0.2, 0.25) is 0 Å². The molecular weight excluding hydrogens is 565 g/mol. The van der Waals surface area contributed by atoms with Crippen LogP contribution in [0.2, 0.25) is 10.0 Å². The van der Waals surface area contributed by atoms with Gasteiger partial charge in [-0.25, -0.2) is 12.7 Å². The van der Waals surface area contributed by atoms with E-state index in [2.05, 4.69) is 17.0 Å². The number of benzene rings is 2. The van der Waals surface area contributed by atoms with Crippen molar-refractivity contribution in [2.24, 2.45) is 13.0 Å². The number of hydrogen-bond donors (Lipinski definition) is 0. The molecule has 0 spiro atoms. The second-order valence-electron chi connectivity index (χ2n) is 10.3. The van der Waals surface area contributed by atoms with Gasteiger partial charge in [0.05, 0.1) is 21.4 Å². The highest BCUT2D eigenvalue weighted by Gasteiger charge is 2.38. The molecule has 6 nitrogen and oxygen atoms in total. The quantitative estimate of drug-likeness (QED) is 0.247. The predicted molar refractivity (Wildman–Crippen MR) is 153 cm³/mol. The van der Waals surface area contributed by atoms with Crippen molar-refractivity contribution >= 4 is 38.9 Å². The predicted octanol–water partition coefficient (Wildman–Crippen LogP) is 7.09. The van der Waals surface area contributed by atoms with Crippen molar-refractivity contribution < 1.29 is 17.2 Å². The van der Waals surface area contributed by atoms with E-state index < -0.39 is 21.5 Å². The zero-order chi connectivity index (χ0) is 28.5. The molecule has 1 aliphatic heterocycles. The van der Waals surface area contributed by atoms with E-state index in [0.717, 1.165) is 24.3 Å². The van der Waals surface area contributed by atoms with Crippen LogP contribution in [-0.2, 0) is 23.5 Å². The van der Waals surface area contributed by atoms with Crippen molar-refractivity contribution in [1.82, 2.24) is 14.7 Å². The van der Waals surface area contributed by atoms with Gasteiger partial charge < -0.3 is 4.90 Å². The van der Waals surface area contributed by atoms with Gasteiger partial charge in [-0.1, -0.05) is 53.9 Å². The average Bonchev–Trinajstić information content (AvgIpc) is 3.11. The Kier molecular flexibility index (Phi) is 9.26. The Morgan fingerprint density at radius 3 is 2.13 bits per heavy atom. The lowest BCUT2D eigenvalue weighted by atomic mass is 9.91. The van der Waals surface area contributed by atoms with Crippen molar-refractivity contribution in [2.45, 2.75) is 57.4 Å². The summed E-state index contributed by atoms with van der Waals surface area (Å²) in [6.45, 7) is 1.97. The molecule has 1 saturated heterocycles. The molecular formula is C28H34Cl2F2N4O2S.